The first-order chi connectivity index (χ1) is 13.7. The quantitative estimate of drug-likeness (QED) is 0.424. The van der Waals surface area contributed by atoms with Gasteiger partial charge >= 0.3 is 0 Å². The van der Waals surface area contributed by atoms with Gasteiger partial charge in [0.05, 0.1) is 0 Å². The molecule has 0 amide bonds. The van der Waals surface area contributed by atoms with E-state index < -0.39 is 0 Å². The summed E-state index contributed by atoms with van der Waals surface area (Å²) in [6.45, 7) is 11.5. The van der Waals surface area contributed by atoms with Gasteiger partial charge in [-0.1, -0.05) is 6.92 Å². The zero-order valence-electron chi connectivity index (χ0n) is 17.6. The number of nitrogens with zero attached hydrogens (tertiary/aromatic N) is 5. The average Bonchev–Trinajstić information content (AvgIpc) is 2.74. The fourth-order valence-electron chi connectivity index (χ4n) is 4.03. The molecule has 2 fully saturated rings. The monoisotopic (exact) mass is 387 g/mol. The van der Waals surface area contributed by atoms with E-state index in [0.29, 0.717) is 6.04 Å². The van der Waals surface area contributed by atoms with Crippen molar-refractivity contribution in [1.82, 2.24) is 25.5 Å². The third-order valence-electron chi connectivity index (χ3n) is 5.81. The number of aliphatic imine (C=N–C) groups is 1. The summed E-state index contributed by atoms with van der Waals surface area (Å²) < 4.78 is 0. The van der Waals surface area contributed by atoms with Crippen molar-refractivity contribution in [3.05, 3.63) is 18.5 Å². The van der Waals surface area contributed by atoms with Gasteiger partial charge < -0.3 is 15.5 Å². The highest BCUT2D eigenvalue weighted by Crippen LogP contribution is 2.23. The molecule has 7 heteroatoms. The Labute approximate surface area is 170 Å². The first-order valence-corrected chi connectivity index (χ1v) is 11.0. The summed E-state index contributed by atoms with van der Waals surface area (Å²) in [5.41, 5.74) is 0. The normalized spacial score (nSPS) is 24.2. The molecule has 1 saturated carbocycles. The summed E-state index contributed by atoms with van der Waals surface area (Å²) in [4.78, 5) is 18.3. The topological polar surface area (TPSA) is 68.7 Å². The van der Waals surface area contributed by atoms with Gasteiger partial charge in [0.15, 0.2) is 5.96 Å². The predicted octanol–water partition coefficient (Wildman–Crippen LogP) is 2.12. The summed E-state index contributed by atoms with van der Waals surface area (Å²) >= 11 is 0. The van der Waals surface area contributed by atoms with Crippen LogP contribution in [0.1, 0.15) is 46.0 Å². The van der Waals surface area contributed by atoms with Crippen LogP contribution in [-0.2, 0) is 0 Å². The Kier molecular flexibility index (Phi) is 8.33. The van der Waals surface area contributed by atoms with Crippen molar-refractivity contribution < 1.29 is 0 Å². The lowest BCUT2D eigenvalue weighted by Crippen LogP contribution is -2.47. The molecule has 3 rings (SSSR count). The van der Waals surface area contributed by atoms with Gasteiger partial charge in [-0.3, -0.25) is 9.89 Å². The number of nitrogens with one attached hydrogen (secondary N) is 2. The van der Waals surface area contributed by atoms with Crippen molar-refractivity contribution in [2.24, 2.45) is 10.9 Å². The fourth-order valence-corrected chi connectivity index (χ4v) is 4.03. The maximum Gasteiger partial charge on any atom is 0.225 e. The molecule has 1 aromatic heterocycles. The number of anilines is 1. The number of hydrogen-bond donors (Lipinski definition) is 2. The molecule has 0 unspecified atom stereocenters. The maximum absolute atomic E-state index is 4.81. The van der Waals surface area contributed by atoms with Crippen molar-refractivity contribution in [1.29, 1.82) is 0 Å². The van der Waals surface area contributed by atoms with E-state index >= 15 is 0 Å². The van der Waals surface area contributed by atoms with Gasteiger partial charge in [0.2, 0.25) is 5.95 Å². The molecule has 0 atom stereocenters. The average molecular weight is 388 g/mol. The Bertz CT molecular complexity index is 576. The highest BCUT2D eigenvalue weighted by Gasteiger charge is 2.19. The van der Waals surface area contributed by atoms with Crippen molar-refractivity contribution >= 4 is 11.9 Å². The lowest BCUT2D eigenvalue weighted by Gasteiger charge is -2.34. The fraction of sp³-hybridized carbons (Fsp3) is 0.762. The lowest BCUT2D eigenvalue weighted by molar-refractivity contribution is 0.255. The highest BCUT2D eigenvalue weighted by molar-refractivity contribution is 5.80. The van der Waals surface area contributed by atoms with E-state index in [2.05, 4.69) is 44.2 Å². The van der Waals surface area contributed by atoms with Gasteiger partial charge in [-0.25, -0.2) is 9.97 Å². The Morgan fingerprint density at radius 1 is 1.11 bits per heavy atom. The van der Waals surface area contributed by atoms with E-state index in [1.54, 1.807) is 0 Å². The van der Waals surface area contributed by atoms with Crippen LogP contribution >= 0.6 is 0 Å². The standard InChI is InChI=1S/C21H37N7/c1-3-22-20(26-19-8-6-18(2)7-9-19)23-12-5-13-27-14-16-28(17-15-27)21-24-10-4-11-25-21/h4,10-11,18-19H,3,5-9,12-17H2,1-2H3,(H2,22,23,26). The minimum absolute atomic E-state index is 0.585. The molecule has 0 aromatic carbocycles. The van der Waals surface area contributed by atoms with E-state index in [9.17, 15) is 0 Å². The van der Waals surface area contributed by atoms with Crippen molar-refractivity contribution in [2.75, 3.05) is 50.7 Å². The molecule has 156 valence electrons. The largest absolute Gasteiger partial charge is 0.357 e. The summed E-state index contributed by atoms with van der Waals surface area (Å²) in [6.07, 6.45) is 9.92. The van der Waals surface area contributed by atoms with Crippen LogP contribution in [0.25, 0.3) is 0 Å². The predicted molar refractivity (Wildman–Crippen MR) is 116 cm³/mol. The van der Waals surface area contributed by atoms with Crippen LogP contribution in [0, 0.1) is 5.92 Å². The molecule has 1 aliphatic heterocycles. The third-order valence-corrected chi connectivity index (χ3v) is 5.81. The second-order valence-electron chi connectivity index (χ2n) is 8.09. The number of rotatable bonds is 7. The van der Waals surface area contributed by atoms with Crippen LogP contribution in [-0.4, -0.2) is 72.7 Å². The zero-order chi connectivity index (χ0) is 19.6. The molecule has 2 heterocycles. The van der Waals surface area contributed by atoms with Gasteiger partial charge in [0.1, 0.15) is 0 Å². The number of piperazine rings is 1. The molecule has 1 saturated heterocycles. The smallest absolute Gasteiger partial charge is 0.225 e. The molecule has 7 nitrogen and oxygen atoms in total. The third kappa shape index (κ3) is 6.62. The van der Waals surface area contributed by atoms with Crippen LogP contribution in [0.3, 0.4) is 0 Å². The van der Waals surface area contributed by atoms with Crippen LogP contribution in [0.5, 0.6) is 0 Å². The van der Waals surface area contributed by atoms with Crippen LogP contribution < -0.4 is 15.5 Å². The van der Waals surface area contributed by atoms with Crippen molar-refractivity contribution in [3.63, 3.8) is 0 Å². The molecule has 28 heavy (non-hydrogen) atoms. The van der Waals surface area contributed by atoms with Crippen LogP contribution in [0.4, 0.5) is 5.95 Å². The Morgan fingerprint density at radius 2 is 1.82 bits per heavy atom. The molecule has 0 spiro atoms. The number of aromatic nitrogens is 2. The van der Waals surface area contributed by atoms with E-state index in [-0.39, 0.29) is 0 Å². The Hall–Kier alpha value is -1.89. The van der Waals surface area contributed by atoms with E-state index in [4.69, 9.17) is 4.99 Å². The minimum atomic E-state index is 0.585. The van der Waals surface area contributed by atoms with E-state index in [0.717, 1.165) is 70.1 Å². The second-order valence-corrected chi connectivity index (χ2v) is 8.09. The van der Waals surface area contributed by atoms with Gasteiger partial charge in [-0.15, -0.1) is 0 Å². The maximum atomic E-state index is 4.81. The van der Waals surface area contributed by atoms with Gasteiger partial charge in [0, 0.05) is 64.2 Å². The minimum Gasteiger partial charge on any atom is -0.357 e. The molecule has 0 bridgehead atoms. The summed E-state index contributed by atoms with van der Waals surface area (Å²) in [5, 5.41) is 7.05. The number of hydrogen-bond acceptors (Lipinski definition) is 5. The molecular weight excluding hydrogens is 350 g/mol. The van der Waals surface area contributed by atoms with Crippen LogP contribution in [0.2, 0.25) is 0 Å². The molecule has 1 aliphatic carbocycles. The molecule has 2 aliphatic rings. The lowest BCUT2D eigenvalue weighted by atomic mass is 9.87. The summed E-state index contributed by atoms with van der Waals surface area (Å²) in [6, 6.07) is 2.45. The van der Waals surface area contributed by atoms with E-state index in [1.165, 1.54) is 25.7 Å². The molecule has 1 aromatic rings. The molecule has 2 N–H and O–H groups in total. The van der Waals surface area contributed by atoms with Crippen molar-refractivity contribution in [2.45, 2.75) is 52.0 Å². The van der Waals surface area contributed by atoms with Gasteiger partial charge in [-0.05, 0) is 51.0 Å². The van der Waals surface area contributed by atoms with Gasteiger partial charge in [0.25, 0.3) is 0 Å². The zero-order valence-corrected chi connectivity index (χ0v) is 17.6. The SMILES string of the molecule is CCNC(=NCCCN1CCN(c2ncccn2)CC1)NC1CCC(C)CC1. The summed E-state index contributed by atoms with van der Waals surface area (Å²) in [7, 11) is 0. The first kappa shape index (κ1) is 20.8. The summed E-state index contributed by atoms with van der Waals surface area (Å²) in [5.74, 6) is 2.73. The van der Waals surface area contributed by atoms with E-state index in [1.807, 2.05) is 18.5 Å². The highest BCUT2D eigenvalue weighted by atomic mass is 15.3. The number of guanidine groups is 1. The van der Waals surface area contributed by atoms with Crippen molar-refractivity contribution in [3.8, 4) is 0 Å². The van der Waals surface area contributed by atoms with Gasteiger partial charge in [-0.2, -0.15) is 0 Å². The Balaban J connectivity index is 1.35. The molecular formula is C21H37N7. The Morgan fingerprint density at radius 3 is 2.50 bits per heavy atom. The first-order valence-electron chi connectivity index (χ1n) is 11.0. The van der Waals surface area contributed by atoms with Crippen LogP contribution in [0.15, 0.2) is 23.5 Å². The molecule has 0 radical (unpaired) electrons. The second kappa shape index (κ2) is 11.2.